The van der Waals surface area contributed by atoms with Crippen LogP contribution in [0, 0.1) is 17.1 Å². The number of aromatic amines is 1. The van der Waals surface area contributed by atoms with E-state index < -0.39 is 5.82 Å². The predicted octanol–water partition coefficient (Wildman–Crippen LogP) is 3.77. The van der Waals surface area contributed by atoms with E-state index in [-0.39, 0.29) is 5.95 Å². The van der Waals surface area contributed by atoms with Crippen LogP contribution in [0.2, 0.25) is 0 Å². The molecule has 0 bridgehead atoms. The van der Waals surface area contributed by atoms with Crippen molar-refractivity contribution >= 4 is 22.7 Å². The lowest BCUT2D eigenvalue weighted by molar-refractivity contribution is 0.638. The molecule has 2 N–H and O–H groups in total. The molecular formula is C18H11FN6. The molecule has 2 aromatic carbocycles. The molecule has 4 rings (SSSR count). The molecule has 4 aromatic rings. The molecule has 0 spiro atoms. The molecule has 0 saturated carbocycles. The SMILES string of the molecule is N#Cc1cnc(Nc2cc(F)c3[nH]cnc3c2-c2ccccc2)nc1. The summed E-state index contributed by atoms with van der Waals surface area (Å²) in [6, 6.07) is 12.9. The summed E-state index contributed by atoms with van der Waals surface area (Å²) in [5.74, 6) is -0.159. The zero-order chi connectivity index (χ0) is 17.2. The molecule has 0 aliphatic carbocycles. The van der Waals surface area contributed by atoms with Crippen LogP contribution in [0.25, 0.3) is 22.2 Å². The minimum absolute atomic E-state index is 0.269. The standard InChI is InChI=1S/C18H11FN6/c19-13-6-14(25-18-21-8-11(7-20)9-22-18)15(12-4-2-1-3-5-12)17-16(13)23-10-24-17/h1-6,8-10H,(H,23,24)(H,21,22,25). The second kappa shape index (κ2) is 6.02. The molecule has 2 aromatic heterocycles. The Morgan fingerprint density at radius 3 is 2.56 bits per heavy atom. The molecular weight excluding hydrogens is 319 g/mol. The van der Waals surface area contributed by atoms with Crippen LogP contribution in [0.1, 0.15) is 5.56 Å². The Balaban J connectivity index is 1.88. The van der Waals surface area contributed by atoms with Gasteiger partial charge < -0.3 is 10.3 Å². The van der Waals surface area contributed by atoms with Crippen molar-refractivity contribution in [1.82, 2.24) is 19.9 Å². The van der Waals surface area contributed by atoms with E-state index in [0.29, 0.717) is 22.3 Å². The lowest BCUT2D eigenvalue weighted by atomic mass is 10.0. The molecule has 0 aliphatic heterocycles. The number of nitrogens with zero attached hydrogens (tertiary/aromatic N) is 4. The molecule has 25 heavy (non-hydrogen) atoms. The number of anilines is 2. The van der Waals surface area contributed by atoms with E-state index in [0.717, 1.165) is 11.1 Å². The Morgan fingerprint density at radius 1 is 1.08 bits per heavy atom. The van der Waals surface area contributed by atoms with Crippen LogP contribution in [0.15, 0.2) is 55.1 Å². The maximum atomic E-state index is 14.4. The van der Waals surface area contributed by atoms with Crippen LogP contribution in [0.3, 0.4) is 0 Å². The van der Waals surface area contributed by atoms with Crippen molar-refractivity contribution in [2.45, 2.75) is 0 Å². The van der Waals surface area contributed by atoms with Gasteiger partial charge in [0.05, 0.1) is 30.0 Å². The first-order chi connectivity index (χ1) is 12.3. The van der Waals surface area contributed by atoms with Crippen molar-refractivity contribution in [3.05, 3.63) is 66.5 Å². The number of nitrogens with one attached hydrogen (secondary N) is 2. The van der Waals surface area contributed by atoms with E-state index in [4.69, 9.17) is 5.26 Å². The van der Waals surface area contributed by atoms with Gasteiger partial charge in [0, 0.05) is 11.6 Å². The highest BCUT2D eigenvalue weighted by Gasteiger charge is 2.17. The van der Waals surface area contributed by atoms with E-state index in [1.165, 1.54) is 24.8 Å². The lowest BCUT2D eigenvalue weighted by Gasteiger charge is -2.12. The lowest BCUT2D eigenvalue weighted by Crippen LogP contribution is -2.00. The third-order valence-electron chi connectivity index (χ3n) is 3.75. The summed E-state index contributed by atoms with van der Waals surface area (Å²) in [5.41, 5.74) is 3.32. The van der Waals surface area contributed by atoms with Gasteiger partial charge in [0.2, 0.25) is 5.95 Å². The molecule has 0 aliphatic rings. The normalized spacial score (nSPS) is 10.6. The zero-order valence-electron chi connectivity index (χ0n) is 12.9. The second-order valence-corrected chi connectivity index (χ2v) is 5.31. The van der Waals surface area contributed by atoms with Gasteiger partial charge >= 0.3 is 0 Å². The van der Waals surface area contributed by atoms with E-state index in [9.17, 15) is 4.39 Å². The summed E-state index contributed by atoms with van der Waals surface area (Å²) in [6.45, 7) is 0. The maximum absolute atomic E-state index is 14.4. The highest BCUT2D eigenvalue weighted by atomic mass is 19.1. The monoisotopic (exact) mass is 330 g/mol. The molecule has 0 saturated heterocycles. The van der Waals surface area contributed by atoms with Crippen molar-refractivity contribution < 1.29 is 4.39 Å². The van der Waals surface area contributed by atoms with Gasteiger partial charge in [0.25, 0.3) is 0 Å². The Labute approximate surface area is 142 Å². The first-order valence-electron chi connectivity index (χ1n) is 7.46. The molecule has 0 radical (unpaired) electrons. The van der Waals surface area contributed by atoms with Gasteiger partial charge in [-0.1, -0.05) is 30.3 Å². The largest absolute Gasteiger partial charge is 0.342 e. The Morgan fingerprint density at radius 2 is 1.84 bits per heavy atom. The summed E-state index contributed by atoms with van der Waals surface area (Å²) in [5, 5.41) is 11.8. The number of rotatable bonds is 3. The van der Waals surface area contributed by atoms with Crippen LogP contribution >= 0.6 is 0 Å². The van der Waals surface area contributed by atoms with Crippen molar-refractivity contribution in [2.24, 2.45) is 0 Å². The summed E-state index contributed by atoms with van der Waals surface area (Å²) in [4.78, 5) is 15.3. The van der Waals surface area contributed by atoms with Crippen LogP contribution in [-0.2, 0) is 0 Å². The first kappa shape index (κ1) is 14.8. The van der Waals surface area contributed by atoms with E-state index >= 15 is 0 Å². The number of benzene rings is 2. The minimum Gasteiger partial charge on any atom is -0.342 e. The summed E-state index contributed by atoms with van der Waals surface area (Å²) in [6.07, 6.45) is 4.27. The fourth-order valence-electron chi connectivity index (χ4n) is 2.63. The summed E-state index contributed by atoms with van der Waals surface area (Å²) in [7, 11) is 0. The molecule has 6 nitrogen and oxygen atoms in total. The molecule has 7 heteroatoms. The number of nitriles is 1. The van der Waals surface area contributed by atoms with Gasteiger partial charge in [0.15, 0.2) is 5.82 Å². The average molecular weight is 330 g/mol. The number of hydrogen-bond acceptors (Lipinski definition) is 5. The van der Waals surface area contributed by atoms with Crippen molar-refractivity contribution in [1.29, 1.82) is 5.26 Å². The molecule has 0 fully saturated rings. The number of aromatic nitrogens is 4. The Hall–Kier alpha value is -3.79. The van der Waals surface area contributed by atoms with E-state index in [1.807, 2.05) is 36.4 Å². The third kappa shape index (κ3) is 2.66. The average Bonchev–Trinajstić information content (AvgIpc) is 3.13. The molecule has 2 heterocycles. The topological polar surface area (TPSA) is 90.3 Å². The molecule has 0 atom stereocenters. The van der Waals surface area contributed by atoms with E-state index in [2.05, 4.69) is 25.3 Å². The first-order valence-corrected chi connectivity index (χ1v) is 7.46. The Kier molecular flexibility index (Phi) is 3.56. The zero-order valence-corrected chi connectivity index (χ0v) is 12.9. The Bertz CT molecular complexity index is 1080. The predicted molar refractivity (Wildman–Crippen MR) is 91.5 cm³/mol. The summed E-state index contributed by atoms with van der Waals surface area (Å²) >= 11 is 0. The smallest absolute Gasteiger partial charge is 0.227 e. The van der Waals surface area contributed by atoms with Crippen molar-refractivity contribution in [3.63, 3.8) is 0 Å². The van der Waals surface area contributed by atoms with Gasteiger partial charge in [-0.25, -0.2) is 19.3 Å². The van der Waals surface area contributed by atoms with Crippen molar-refractivity contribution in [2.75, 3.05) is 5.32 Å². The quantitative estimate of drug-likeness (QED) is 0.596. The summed E-state index contributed by atoms with van der Waals surface area (Å²) < 4.78 is 14.4. The van der Waals surface area contributed by atoms with Crippen LogP contribution in [0.5, 0.6) is 0 Å². The fraction of sp³-hybridized carbons (Fsp3) is 0. The van der Waals surface area contributed by atoms with Crippen LogP contribution < -0.4 is 5.32 Å². The number of fused-ring (bicyclic) bond motifs is 1. The highest BCUT2D eigenvalue weighted by Crippen LogP contribution is 2.36. The fourth-order valence-corrected chi connectivity index (χ4v) is 2.63. The van der Waals surface area contributed by atoms with Crippen LogP contribution in [-0.4, -0.2) is 19.9 Å². The number of H-pyrrole nitrogens is 1. The van der Waals surface area contributed by atoms with Gasteiger partial charge in [-0.15, -0.1) is 0 Å². The van der Waals surface area contributed by atoms with Crippen LogP contribution in [0.4, 0.5) is 16.0 Å². The van der Waals surface area contributed by atoms with Gasteiger partial charge in [-0.2, -0.15) is 5.26 Å². The van der Waals surface area contributed by atoms with Gasteiger partial charge in [-0.05, 0) is 5.56 Å². The van der Waals surface area contributed by atoms with Crippen molar-refractivity contribution in [3.8, 4) is 17.2 Å². The minimum atomic E-state index is -0.427. The molecule has 0 unspecified atom stereocenters. The third-order valence-corrected chi connectivity index (χ3v) is 3.75. The second-order valence-electron chi connectivity index (χ2n) is 5.31. The number of hydrogen-bond donors (Lipinski definition) is 2. The molecule has 0 amide bonds. The molecule has 120 valence electrons. The van der Waals surface area contributed by atoms with Gasteiger partial charge in [0.1, 0.15) is 17.1 Å². The number of imidazole rings is 1. The van der Waals surface area contributed by atoms with Gasteiger partial charge in [-0.3, -0.25) is 0 Å². The number of halogens is 1. The highest BCUT2D eigenvalue weighted by molar-refractivity contribution is 6.00. The maximum Gasteiger partial charge on any atom is 0.227 e. The van der Waals surface area contributed by atoms with E-state index in [1.54, 1.807) is 0 Å².